The first-order valence-electron chi connectivity index (χ1n) is 12.2. The van der Waals surface area contributed by atoms with Gasteiger partial charge in [0.1, 0.15) is 23.1 Å². The predicted molar refractivity (Wildman–Crippen MR) is 144 cm³/mol. The summed E-state index contributed by atoms with van der Waals surface area (Å²) < 4.78 is 11.1. The molecule has 0 aliphatic rings. The number of nitrogens with zero attached hydrogens (tertiary/aromatic N) is 2. The average Bonchev–Trinajstić information content (AvgIpc) is 3.53. The Morgan fingerprint density at radius 1 is 0.528 bits per heavy atom. The first-order valence-corrected chi connectivity index (χ1v) is 12.2. The highest BCUT2D eigenvalue weighted by molar-refractivity contribution is 5.88. The van der Waals surface area contributed by atoms with E-state index >= 15 is 0 Å². The molecule has 0 saturated heterocycles. The third-order valence-electron chi connectivity index (χ3n) is 6.17. The number of hydrogen-bond acceptors (Lipinski definition) is 4. The largest absolute Gasteiger partial charge is 0.494 e. The molecule has 0 atom stereocenters. The van der Waals surface area contributed by atoms with Crippen LogP contribution in [0, 0.1) is 0 Å². The van der Waals surface area contributed by atoms with Gasteiger partial charge in [0.25, 0.3) is 0 Å². The van der Waals surface area contributed by atoms with Gasteiger partial charge in [-0.1, -0.05) is 12.1 Å². The minimum absolute atomic E-state index is 0.653. The zero-order valence-corrected chi connectivity index (χ0v) is 20.2. The molecule has 2 N–H and O–H groups in total. The van der Waals surface area contributed by atoms with Crippen molar-refractivity contribution in [3.05, 3.63) is 84.9 Å². The molecular formula is C30H26N4O2. The van der Waals surface area contributed by atoms with Crippen LogP contribution in [0.2, 0.25) is 0 Å². The molecule has 2 aromatic heterocycles. The number of benzene rings is 4. The molecule has 2 heterocycles. The van der Waals surface area contributed by atoms with E-state index in [2.05, 4.69) is 46.4 Å². The van der Waals surface area contributed by atoms with Gasteiger partial charge in [0, 0.05) is 11.1 Å². The Balaban J connectivity index is 1.29. The van der Waals surface area contributed by atoms with Crippen LogP contribution in [0.25, 0.3) is 56.0 Å². The first kappa shape index (κ1) is 21.9. The Morgan fingerprint density at radius 3 is 1.31 bits per heavy atom. The van der Waals surface area contributed by atoms with E-state index in [4.69, 9.17) is 19.4 Å². The van der Waals surface area contributed by atoms with Crippen molar-refractivity contribution in [2.75, 3.05) is 13.2 Å². The second-order valence-corrected chi connectivity index (χ2v) is 8.55. The number of hydrogen-bond donors (Lipinski definition) is 2. The number of imidazole rings is 2. The Labute approximate surface area is 209 Å². The van der Waals surface area contributed by atoms with Crippen LogP contribution >= 0.6 is 0 Å². The number of H-pyrrole nitrogens is 2. The molecule has 0 fully saturated rings. The van der Waals surface area contributed by atoms with Crippen molar-refractivity contribution in [2.24, 2.45) is 0 Å². The molecule has 0 spiro atoms. The molecule has 0 radical (unpaired) electrons. The molecule has 6 aromatic rings. The van der Waals surface area contributed by atoms with Gasteiger partial charge in [0.15, 0.2) is 0 Å². The van der Waals surface area contributed by atoms with Gasteiger partial charge in [-0.05, 0) is 97.8 Å². The number of ether oxygens (including phenoxy) is 2. The summed E-state index contributed by atoms with van der Waals surface area (Å²) in [5.74, 6) is 3.41. The molecule has 6 heteroatoms. The SMILES string of the molecule is CCOc1ccc(-c2nc3ccc(-c4ccc5nc(-c6ccc(OCC)cc6)[nH]c5c4)cc3[nH]2)cc1. The van der Waals surface area contributed by atoms with Crippen molar-refractivity contribution >= 4 is 22.1 Å². The maximum Gasteiger partial charge on any atom is 0.138 e. The summed E-state index contributed by atoms with van der Waals surface area (Å²) in [5.41, 5.74) is 8.14. The lowest BCUT2D eigenvalue weighted by atomic mass is 10.0. The Morgan fingerprint density at radius 2 is 0.917 bits per heavy atom. The standard InChI is InChI=1S/C30H26N4O2/c1-3-35-23-11-5-19(6-12-23)29-31-25-15-9-21(17-27(25)33-29)22-10-16-26-28(18-22)34-30(32-26)20-7-13-24(14-8-20)36-4-2/h5-18H,3-4H2,1-2H3,(H,31,33)(H,32,34). The Hall–Kier alpha value is -4.58. The molecular weight excluding hydrogens is 448 g/mol. The van der Waals surface area contributed by atoms with Crippen LogP contribution in [0.3, 0.4) is 0 Å². The van der Waals surface area contributed by atoms with E-state index < -0.39 is 0 Å². The number of aromatic amines is 2. The van der Waals surface area contributed by atoms with Crippen LogP contribution in [0.1, 0.15) is 13.8 Å². The summed E-state index contributed by atoms with van der Waals surface area (Å²) >= 11 is 0. The number of fused-ring (bicyclic) bond motifs is 2. The van der Waals surface area contributed by atoms with Gasteiger partial charge in [0.2, 0.25) is 0 Å². The number of nitrogens with one attached hydrogen (secondary N) is 2. The predicted octanol–water partition coefficient (Wildman–Crippen LogP) is 7.24. The molecule has 6 rings (SSSR count). The highest BCUT2D eigenvalue weighted by Gasteiger charge is 2.10. The second-order valence-electron chi connectivity index (χ2n) is 8.55. The van der Waals surface area contributed by atoms with Gasteiger partial charge < -0.3 is 19.4 Å². The highest BCUT2D eigenvalue weighted by atomic mass is 16.5. The zero-order chi connectivity index (χ0) is 24.5. The first-order chi connectivity index (χ1) is 17.7. The van der Waals surface area contributed by atoms with Crippen LogP contribution in [-0.2, 0) is 0 Å². The number of aromatic nitrogens is 4. The summed E-state index contributed by atoms with van der Waals surface area (Å²) in [4.78, 5) is 16.5. The van der Waals surface area contributed by atoms with Gasteiger partial charge in [-0.2, -0.15) is 0 Å². The summed E-state index contributed by atoms with van der Waals surface area (Å²) in [7, 11) is 0. The van der Waals surface area contributed by atoms with Crippen molar-refractivity contribution in [1.82, 2.24) is 19.9 Å². The average molecular weight is 475 g/mol. The summed E-state index contributed by atoms with van der Waals surface area (Å²) in [6.45, 7) is 5.27. The van der Waals surface area contributed by atoms with Crippen LogP contribution in [0.5, 0.6) is 11.5 Å². The van der Waals surface area contributed by atoms with E-state index in [1.165, 1.54) is 0 Å². The molecule has 4 aromatic carbocycles. The summed E-state index contributed by atoms with van der Waals surface area (Å²) in [5, 5.41) is 0. The van der Waals surface area contributed by atoms with Crippen LogP contribution in [0.15, 0.2) is 84.9 Å². The molecule has 6 nitrogen and oxygen atoms in total. The molecule has 0 unspecified atom stereocenters. The van der Waals surface area contributed by atoms with Gasteiger partial charge >= 0.3 is 0 Å². The van der Waals surface area contributed by atoms with Crippen LogP contribution in [-0.4, -0.2) is 33.1 Å². The van der Waals surface area contributed by atoms with Crippen LogP contribution < -0.4 is 9.47 Å². The van der Waals surface area contributed by atoms with Crippen molar-refractivity contribution in [3.63, 3.8) is 0 Å². The Kier molecular flexibility index (Phi) is 5.62. The third kappa shape index (κ3) is 4.18. The van der Waals surface area contributed by atoms with Gasteiger partial charge in [-0.3, -0.25) is 0 Å². The van der Waals surface area contributed by atoms with E-state index in [1.807, 2.05) is 62.4 Å². The summed E-state index contributed by atoms with van der Waals surface area (Å²) in [6.07, 6.45) is 0. The summed E-state index contributed by atoms with van der Waals surface area (Å²) in [6, 6.07) is 28.6. The maximum absolute atomic E-state index is 5.55. The molecule has 36 heavy (non-hydrogen) atoms. The lowest BCUT2D eigenvalue weighted by Gasteiger charge is -2.03. The van der Waals surface area contributed by atoms with Crippen LogP contribution in [0.4, 0.5) is 0 Å². The molecule has 178 valence electrons. The zero-order valence-electron chi connectivity index (χ0n) is 20.2. The quantitative estimate of drug-likeness (QED) is 0.256. The van der Waals surface area contributed by atoms with Gasteiger partial charge in [-0.25, -0.2) is 9.97 Å². The van der Waals surface area contributed by atoms with Crippen molar-refractivity contribution in [1.29, 1.82) is 0 Å². The van der Waals surface area contributed by atoms with Gasteiger partial charge in [-0.15, -0.1) is 0 Å². The van der Waals surface area contributed by atoms with E-state index in [0.29, 0.717) is 13.2 Å². The van der Waals surface area contributed by atoms with E-state index in [9.17, 15) is 0 Å². The maximum atomic E-state index is 5.55. The normalized spacial score (nSPS) is 11.3. The monoisotopic (exact) mass is 474 g/mol. The number of rotatable bonds is 7. The minimum atomic E-state index is 0.653. The Bertz CT molecular complexity index is 1520. The second kappa shape index (κ2) is 9.23. The topological polar surface area (TPSA) is 75.8 Å². The van der Waals surface area contributed by atoms with Crippen molar-refractivity contribution in [3.8, 4) is 45.4 Å². The smallest absolute Gasteiger partial charge is 0.138 e. The highest BCUT2D eigenvalue weighted by Crippen LogP contribution is 2.30. The van der Waals surface area contributed by atoms with E-state index in [1.54, 1.807) is 0 Å². The fourth-order valence-corrected chi connectivity index (χ4v) is 4.40. The fraction of sp³-hybridized carbons (Fsp3) is 0.133. The lowest BCUT2D eigenvalue weighted by molar-refractivity contribution is 0.340. The molecule has 0 aliphatic heterocycles. The molecule has 0 bridgehead atoms. The fourth-order valence-electron chi connectivity index (χ4n) is 4.40. The molecule has 0 saturated carbocycles. The van der Waals surface area contributed by atoms with E-state index in [-0.39, 0.29) is 0 Å². The van der Waals surface area contributed by atoms with Gasteiger partial charge in [0.05, 0.1) is 35.3 Å². The van der Waals surface area contributed by atoms with Crippen molar-refractivity contribution in [2.45, 2.75) is 13.8 Å². The molecule has 0 amide bonds. The minimum Gasteiger partial charge on any atom is -0.494 e. The van der Waals surface area contributed by atoms with E-state index in [0.717, 1.165) is 67.5 Å². The molecule has 0 aliphatic carbocycles. The third-order valence-corrected chi connectivity index (χ3v) is 6.17. The van der Waals surface area contributed by atoms with Crippen molar-refractivity contribution < 1.29 is 9.47 Å². The lowest BCUT2D eigenvalue weighted by Crippen LogP contribution is -1.90.